The molecule has 0 aliphatic carbocycles. The van der Waals surface area contributed by atoms with Gasteiger partial charge < -0.3 is 27.8 Å². The molecule has 7 heteroatoms. The summed E-state index contributed by atoms with van der Waals surface area (Å²) < 4.78 is 0. The van der Waals surface area contributed by atoms with Crippen LogP contribution in [0.3, 0.4) is 0 Å². The van der Waals surface area contributed by atoms with Crippen LogP contribution in [-0.2, 0) is 0 Å². The molecule has 7 nitrogen and oxygen atoms in total. The van der Waals surface area contributed by atoms with E-state index in [1.807, 2.05) is 0 Å². The third-order valence-corrected chi connectivity index (χ3v) is 2.53. The van der Waals surface area contributed by atoms with Gasteiger partial charge in [0.25, 0.3) is 11.8 Å². The van der Waals surface area contributed by atoms with Crippen LogP contribution in [0.15, 0.2) is 18.2 Å². The van der Waals surface area contributed by atoms with E-state index in [1.54, 1.807) is 12.1 Å². The number of carbonyl (C=O) groups is 2. The highest BCUT2D eigenvalue weighted by Gasteiger charge is 2.12. The second-order valence-corrected chi connectivity index (χ2v) is 4.16. The number of benzene rings is 1. The van der Waals surface area contributed by atoms with Gasteiger partial charge in [-0.15, -0.1) is 0 Å². The first-order valence-electron chi connectivity index (χ1n) is 6.45. The van der Waals surface area contributed by atoms with Crippen molar-refractivity contribution in [2.75, 3.05) is 26.2 Å². The first kappa shape index (κ1) is 16.5. The summed E-state index contributed by atoms with van der Waals surface area (Å²) >= 11 is 0. The van der Waals surface area contributed by atoms with E-state index in [2.05, 4.69) is 22.6 Å². The highest BCUT2D eigenvalue weighted by atomic mass is 16.2. The van der Waals surface area contributed by atoms with Crippen molar-refractivity contribution in [3.8, 4) is 12.0 Å². The van der Waals surface area contributed by atoms with E-state index in [-0.39, 0.29) is 11.8 Å². The van der Waals surface area contributed by atoms with E-state index in [9.17, 15) is 9.59 Å². The normalized spacial score (nSPS) is 9.43. The Bertz CT molecular complexity index is 536. The van der Waals surface area contributed by atoms with Gasteiger partial charge in [0, 0.05) is 48.9 Å². The van der Waals surface area contributed by atoms with Gasteiger partial charge in [0.1, 0.15) is 0 Å². The van der Waals surface area contributed by atoms with Crippen molar-refractivity contribution in [1.82, 2.24) is 10.6 Å². The lowest BCUT2D eigenvalue weighted by molar-refractivity contribution is 0.0954. The first-order valence-corrected chi connectivity index (χ1v) is 6.45. The minimum atomic E-state index is -0.325. The maximum absolute atomic E-state index is 12.0. The number of nitrogens with two attached hydrogens (primary N) is 3. The summed E-state index contributed by atoms with van der Waals surface area (Å²) in [5, 5.41) is 5.26. The predicted octanol–water partition coefficient (Wildman–Crippen LogP) is -1.67. The van der Waals surface area contributed by atoms with Crippen molar-refractivity contribution in [3.63, 3.8) is 0 Å². The molecule has 21 heavy (non-hydrogen) atoms. The molecule has 8 N–H and O–H groups in total. The monoisotopic (exact) mass is 289 g/mol. The molecule has 0 saturated carbocycles. The van der Waals surface area contributed by atoms with Crippen molar-refractivity contribution < 1.29 is 9.59 Å². The molecular weight excluding hydrogens is 270 g/mol. The molecule has 112 valence electrons. The molecule has 0 unspecified atom stereocenters. The van der Waals surface area contributed by atoms with Crippen LogP contribution in [0.5, 0.6) is 0 Å². The SMILES string of the molecule is NC#Cc1cc(C(=O)NCCN)cc(C(=O)NCCN)c1. The average molecular weight is 289 g/mol. The Kier molecular flexibility index (Phi) is 6.74. The quantitative estimate of drug-likeness (QED) is 0.315. The molecular formula is C14H19N5O2. The van der Waals surface area contributed by atoms with E-state index in [0.29, 0.717) is 42.9 Å². The number of hydrogen-bond acceptors (Lipinski definition) is 5. The molecule has 1 rings (SSSR count). The fraction of sp³-hybridized carbons (Fsp3) is 0.286. The van der Waals surface area contributed by atoms with Crippen LogP contribution in [0.2, 0.25) is 0 Å². The third kappa shape index (κ3) is 5.14. The van der Waals surface area contributed by atoms with Crippen molar-refractivity contribution in [2.24, 2.45) is 17.2 Å². The van der Waals surface area contributed by atoms with Gasteiger partial charge in [0.15, 0.2) is 0 Å². The molecule has 0 radical (unpaired) electrons. The second kappa shape index (κ2) is 8.58. The summed E-state index contributed by atoms with van der Waals surface area (Å²) in [5.74, 6) is 1.98. The molecule has 1 aromatic rings. The fourth-order valence-electron chi connectivity index (χ4n) is 1.62. The minimum Gasteiger partial charge on any atom is -0.359 e. The Balaban J connectivity index is 3.07. The maximum atomic E-state index is 12.0. The smallest absolute Gasteiger partial charge is 0.251 e. The first-order chi connectivity index (χ1) is 10.1. The Hall–Kier alpha value is -2.56. The van der Waals surface area contributed by atoms with E-state index in [4.69, 9.17) is 17.2 Å². The molecule has 1 aromatic carbocycles. The van der Waals surface area contributed by atoms with Gasteiger partial charge in [-0.25, -0.2) is 0 Å². The van der Waals surface area contributed by atoms with Crippen LogP contribution >= 0.6 is 0 Å². The zero-order chi connectivity index (χ0) is 15.7. The standard InChI is InChI=1S/C14H19N5O2/c15-2-1-10-7-11(13(20)18-5-3-16)9-12(8-10)14(21)19-6-4-17/h7-9H,3-6,15-17H2,(H,18,20)(H,19,21). The fourth-order valence-corrected chi connectivity index (χ4v) is 1.62. The average Bonchev–Trinajstić information content (AvgIpc) is 2.50. The van der Waals surface area contributed by atoms with Crippen LogP contribution in [-0.4, -0.2) is 38.0 Å². The summed E-state index contributed by atoms with van der Waals surface area (Å²) in [6, 6.07) is 6.86. The predicted molar refractivity (Wildman–Crippen MR) is 80.3 cm³/mol. The van der Waals surface area contributed by atoms with E-state index < -0.39 is 0 Å². The summed E-state index contributed by atoms with van der Waals surface area (Å²) in [5.41, 5.74) is 17.0. The molecule has 0 heterocycles. The Labute approximate surface area is 123 Å². The Morgan fingerprint density at radius 3 is 1.81 bits per heavy atom. The van der Waals surface area contributed by atoms with Gasteiger partial charge in [0.05, 0.1) is 0 Å². The van der Waals surface area contributed by atoms with E-state index in [1.165, 1.54) is 6.07 Å². The highest BCUT2D eigenvalue weighted by molar-refractivity contribution is 6.00. The molecule has 2 amide bonds. The Morgan fingerprint density at radius 2 is 1.43 bits per heavy atom. The summed E-state index contributed by atoms with van der Waals surface area (Å²) in [6.45, 7) is 1.36. The molecule has 0 aliphatic heterocycles. The molecule has 0 saturated heterocycles. The van der Waals surface area contributed by atoms with Crippen molar-refractivity contribution in [3.05, 3.63) is 34.9 Å². The van der Waals surface area contributed by atoms with Gasteiger partial charge in [-0.1, -0.05) is 0 Å². The van der Waals surface area contributed by atoms with E-state index >= 15 is 0 Å². The van der Waals surface area contributed by atoms with Crippen LogP contribution < -0.4 is 27.8 Å². The zero-order valence-corrected chi connectivity index (χ0v) is 11.6. The number of rotatable bonds is 6. The summed E-state index contributed by atoms with van der Waals surface area (Å²) in [4.78, 5) is 23.9. The third-order valence-electron chi connectivity index (χ3n) is 2.53. The molecule has 0 bridgehead atoms. The van der Waals surface area contributed by atoms with E-state index in [0.717, 1.165) is 0 Å². The van der Waals surface area contributed by atoms with Crippen molar-refractivity contribution in [2.45, 2.75) is 0 Å². The molecule has 0 aromatic heterocycles. The Morgan fingerprint density at radius 1 is 0.952 bits per heavy atom. The lowest BCUT2D eigenvalue weighted by Crippen LogP contribution is -2.31. The van der Waals surface area contributed by atoms with Crippen LogP contribution in [0.25, 0.3) is 0 Å². The second-order valence-electron chi connectivity index (χ2n) is 4.16. The lowest BCUT2D eigenvalue weighted by Gasteiger charge is -2.08. The topological polar surface area (TPSA) is 136 Å². The summed E-state index contributed by atoms with van der Waals surface area (Å²) in [7, 11) is 0. The number of nitrogens with one attached hydrogen (secondary N) is 2. The molecule has 0 atom stereocenters. The number of hydrogen-bond donors (Lipinski definition) is 5. The molecule has 0 aliphatic rings. The van der Waals surface area contributed by atoms with Crippen LogP contribution in [0.1, 0.15) is 26.3 Å². The summed E-state index contributed by atoms with van der Waals surface area (Å²) in [6.07, 6.45) is 0. The largest absolute Gasteiger partial charge is 0.359 e. The number of amides is 2. The molecule has 0 spiro atoms. The highest BCUT2D eigenvalue weighted by Crippen LogP contribution is 2.10. The van der Waals surface area contributed by atoms with Gasteiger partial charge in [0.2, 0.25) is 0 Å². The lowest BCUT2D eigenvalue weighted by atomic mass is 10.0. The van der Waals surface area contributed by atoms with Crippen molar-refractivity contribution in [1.29, 1.82) is 0 Å². The van der Waals surface area contributed by atoms with Crippen molar-refractivity contribution >= 4 is 11.8 Å². The zero-order valence-electron chi connectivity index (χ0n) is 11.6. The van der Waals surface area contributed by atoms with Crippen LogP contribution in [0.4, 0.5) is 0 Å². The van der Waals surface area contributed by atoms with Gasteiger partial charge >= 0.3 is 0 Å². The maximum Gasteiger partial charge on any atom is 0.251 e. The molecule has 0 fully saturated rings. The number of carbonyl (C=O) groups excluding carboxylic acids is 2. The van der Waals surface area contributed by atoms with Gasteiger partial charge in [-0.2, -0.15) is 0 Å². The van der Waals surface area contributed by atoms with Gasteiger partial charge in [-0.3, -0.25) is 9.59 Å². The van der Waals surface area contributed by atoms with Crippen LogP contribution in [0, 0.1) is 12.0 Å². The van der Waals surface area contributed by atoms with Gasteiger partial charge in [-0.05, 0) is 24.1 Å². The minimum absolute atomic E-state index is 0.321.